The van der Waals surface area contributed by atoms with Gasteiger partial charge in [0.25, 0.3) is 5.91 Å². The molecule has 0 radical (unpaired) electrons. The number of aryl methyl sites for hydroxylation is 1. The van der Waals surface area contributed by atoms with Gasteiger partial charge in [-0.15, -0.1) is 0 Å². The van der Waals surface area contributed by atoms with E-state index in [1.807, 2.05) is 5.32 Å². The molecule has 2 rings (SSSR count). The Morgan fingerprint density at radius 3 is 2.62 bits per heavy atom. The van der Waals surface area contributed by atoms with Crippen LogP contribution in [0.15, 0.2) is 45.9 Å². The highest BCUT2D eigenvalue weighted by atomic mass is 32.2. The van der Waals surface area contributed by atoms with Crippen molar-refractivity contribution in [2.24, 2.45) is 0 Å². The molecule has 0 aliphatic heterocycles. The molecule has 3 N–H and O–H groups in total. The van der Waals surface area contributed by atoms with Gasteiger partial charge in [-0.2, -0.15) is 0 Å². The smallest absolute Gasteiger partial charge is 0.328 e. The van der Waals surface area contributed by atoms with Crippen LogP contribution in [0.4, 0.5) is 4.39 Å². The van der Waals surface area contributed by atoms with Gasteiger partial charge in [0, 0.05) is 5.56 Å². The van der Waals surface area contributed by atoms with Crippen molar-refractivity contribution in [1.82, 2.24) is 10.0 Å². The van der Waals surface area contributed by atoms with Crippen molar-refractivity contribution < 1.29 is 31.9 Å². The molecule has 8 nitrogen and oxygen atoms in total. The van der Waals surface area contributed by atoms with Gasteiger partial charge >= 0.3 is 5.97 Å². The van der Waals surface area contributed by atoms with E-state index in [-0.39, 0.29) is 17.0 Å². The second-order valence-electron chi connectivity index (χ2n) is 5.40. The maximum atomic E-state index is 12.7. The number of nitrogens with one attached hydrogen (secondary N) is 2. The summed E-state index contributed by atoms with van der Waals surface area (Å²) >= 11 is 0. The normalized spacial score (nSPS) is 12.5. The number of alkyl halides is 1. The summed E-state index contributed by atoms with van der Waals surface area (Å²) in [5, 5.41) is 10.8. The lowest BCUT2D eigenvalue weighted by Crippen LogP contribution is -2.42. The van der Waals surface area contributed by atoms with E-state index < -0.39 is 34.6 Å². The summed E-state index contributed by atoms with van der Waals surface area (Å²) in [5.74, 6) is -2.00. The second-order valence-corrected chi connectivity index (χ2v) is 7.17. The van der Waals surface area contributed by atoms with Gasteiger partial charge in [-0.3, -0.25) is 4.79 Å². The third-order valence-corrected chi connectivity index (χ3v) is 4.94. The highest BCUT2D eigenvalue weighted by Gasteiger charge is 2.23. The van der Waals surface area contributed by atoms with Crippen molar-refractivity contribution in [3.8, 4) is 0 Å². The third-order valence-electron chi connectivity index (χ3n) is 3.54. The number of aliphatic carboxylic acids is 1. The van der Waals surface area contributed by atoms with E-state index in [1.54, 1.807) is 19.1 Å². The summed E-state index contributed by atoms with van der Waals surface area (Å²) in [5.41, 5.74) is 0.348. The molecule has 10 heteroatoms. The van der Waals surface area contributed by atoms with Crippen LogP contribution in [-0.2, 0) is 21.4 Å². The summed E-state index contributed by atoms with van der Waals surface area (Å²) in [6.45, 7) is 0.184. The number of halogens is 1. The molecule has 1 aromatic heterocycles. The fourth-order valence-corrected chi connectivity index (χ4v) is 3.10. The predicted octanol–water partition coefficient (Wildman–Crippen LogP) is 1.22. The Kier molecular flexibility index (Phi) is 6.11. The number of furan rings is 1. The van der Waals surface area contributed by atoms with Crippen LogP contribution in [0.2, 0.25) is 0 Å². The number of benzene rings is 1. The molecule has 1 heterocycles. The highest BCUT2D eigenvalue weighted by Crippen LogP contribution is 2.16. The molecule has 1 unspecified atom stereocenters. The predicted molar refractivity (Wildman–Crippen MR) is 88.8 cm³/mol. The Balaban J connectivity index is 2.22. The number of carbonyl (C=O) groups excluding carboxylic acids is 1. The van der Waals surface area contributed by atoms with Crippen molar-refractivity contribution in [2.45, 2.75) is 24.4 Å². The first-order valence-corrected chi connectivity index (χ1v) is 8.95. The molecule has 0 bridgehead atoms. The molecule has 2 aromatic rings. The summed E-state index contributed by atoms with van der Waals surface area (Å²) in [4.78, 5) is 22.8. The maximum Gasteiger partial charge on any atom is 0.328 e. The zero-order valence-electron chi connectivity index (χ0n) is 13.7. The van der Waals surface area contributed by atoms with Gasteiger partial charge in [0.2, 0.25) is 10.0 Å². The van der Waals surface area contributed by atoms with Crippen molar-refractivity contribution >= 4 is 21.9 Å². The van der Waals surface area contributed by atoms with Crippen molar-refractivity contribution in [1.29, 1.82) is 0 Å². The lowest BCUT2D eigenvalue weighted by molar-refractivity contribution is -0.139. The van der Waals surface area contributed by atoms with Crippen LogP contribution in [0.25, 0.3) is 0 Å². The van der Waals surface area contributed by atoms with E-state index >= 15 is 0 Å². The molecule has 0 fully saturated rings. The Labute approximate surface area is 149 Å². The quantitative estimate of drug-likeness (QED) is 0.628. The number of hydrogen-bond acceptors (Lipinski definition) is 5. The summed E-state index contributed by atoms with van der Waals surface area (Å²) in [6, 6.07) is 5.31. The van der Waals surface area contributed by atoms with E-state index in [9.17, 15) is 22.4 Å². The van der Waals surface area contributed by atoms with Gasteiger partial charge in [-0.05, 0) is 36.8 Å². The number of amides is 1. The highest BCUT2D eigenvalue weighted by molar-refractivity contribution is 7.89. The van der Waals surface area contributed by atoms with Gasteiger partial charge in [-0.25, -0.2) is 22.3 Å². The molecular formula is C16H17FN2O6S. The van der Waals surface area contributed by atoms with Crippen LogP contribution in [0.1, 0.15) is 21.7 Å². The van der Waals surface area contributed by atoms with E-state index in [0.717, 1.165) is 6.07 Å². The average Bonchev–Trinajstić information content (AvgIpc) is 3.11. The third kappa shape index (κ3) is 4.67. The van der Waals surface area contributed by atoms with E-state index in [2.05, 4.69) is 4.72 Å². The van der Waals surface area contributed by atoms with Gasteiger partial charge in [-0.1, -0.05) is 6.07 Å². The van der Waals surface area contributed by atoms with Crippen LogP contribution < -0.4 is 10.0 Å². The molecule has 1 amide bonds. The molecule has 0 spiro atoms. The molecule has 1 aromatic carbocycles. The fourth-order valence-electron chi connectivity index (χ4n) is 2.08. The van der Waals surface area contributed by atoms with E-state index in [1.165, 1.54) is 18.4 Å². The minimum Gasteiger partial charge on any atom is -0.480 e. The number of carboxylic acid groups (broad SMARTS) is 1. The zero-order valence-corrected chi connectivity index (χ0v) is 14.5. The summed E-state index contributed by atoms with van der Waals surface area (Å²) in [6.07, 6.45) is 1.40. The van der Waals surface area contributed by atoms with Crippen molar-refractivity contribution in [3.05, 3.63) is 53.5 Å². The molecule has 0 saturated heterocycles. The fraction of sp³-hybridized carbons (Fsp3) is 0.250. The van der Waals surface area contributed by atoms with Crippen LogP contribution >= 0.6 is 0 Å². The average molecular weight is 384 g/mol. The number of carbonyl (C=O) groups is 2. The maximum absolute atomic E-state index is 12.7. The summed E-state index contributed by atoms with van der Waals surface area (Å²) in [7, 11) is -3.94. The minimum atomic E-state index is -3.94. The number of sulfonamides is 1. The van der Waals surface area contributed by atoms with E-state index in [4.69, 9.17) is 9.52 Å². The largest absolute Gasteiger partial charge is 0.480 e. The second kappa shape index (κ2) is 8.11. The first kappa shape index (κ1) is 19.6. The molecule has 26 heavy (non-hydrogen) atoms. The minimum absolute atomic E-state index is 0.0643. The van der Waals surface area contributed by atoms with Crippen molar-refractivity contribution in [2.75, 3.05) is 6.67 Å². The Morgan fingerprint density at radius 1 is 1.31 bits per heavy atom. The molecule has 0 aliphatic carbocycles. The van der Waals surface area contributed by atoms with Crippen LogP contribution in [0.3, 0.4) is 0 Å². The topological polar surface area (TPSA) is 126 Å². The van der Waals surface area contributed by atoms with Crippen molar-refractivity contribution in [3.63, 3.8) is 0 Å². The number of rotatable bonds is 8. The SMILES string of the molecule is Cc1ccc(S(=O)(=O)NCc2ccco2)cc1C(=O)NC(CF)C(=O)O. The van der Waals surface area contributed by atoms with Crippen LogP contribution in [0.5, 0.6) is 0 Å². The zero-order chi connectivity index (χ0) is 19.3. The number of hydrogen-bond donors (Lipinski definition) is 3. The van der Waals surface area contributed by atoms with Gasteiger partial charge < -0.3 is 14.8 Å². The molecule has 1 atom stereocenters. The van der Waals surface area contributed by atoms with Gasteiger partial charge in [0.1, 0.15) is 12.4 Å². The van der Waals surface area contributed by atoms with Crippen LogP contribution in [-0.4, -0.2) is 38.1 Å². The number of carboxylic acids is 1. The van der Waals surface area contributed by atoms with Gasteiger partial charge in [0.05, 0.1) is 17.7 Å². The molecular weight excluding hydrogens is 367 g/mol. The molecule has 140 valence electrons. The van der Waals surface area contributed by atoms with Gasteiger partial charge in [0.15, 0.2) is 6.04 Å². The first-order chi connectivity index (χ1) is 12.2. The monoisotopic (exact) mass is 384 g/mol. The first-order valence-electron chi connectivity index (χ1n) is 7.47. The summed E-state index contributed by atoms with van der Waals surface area (Å²) < 4.78 is 44.8. The molecule has 0 saturated carbocycles. The standard InChI is InChI=1S/C16H17FN2O6S/c1-10-4-5-12(26(23,24)18-9-11-3-2-6-25-11)7-13(10)15(20)19-14(8-17)16(21)22/h2-7,14,18H,8-9H2,1H3,(H,19,20)(H,21,22). The lowest BCUT2D eigenvalue weighted by Gasteiger charge is -2.13. The Hall–Kier alpha value is -2.72. The Morgan fingerprint density at radius 2 is 2.04 bits per heavy atom. The molecule has 0 aliphatic rings. The Bertz CT molecular complexity index is 895. The van der Waals surface area contributed by atoms with Crippen LogP contribution in [0, 0.1) is 6.92 Å². The lowest BCUT2D eigenvalue weighted by atomic mass is 10.1. The van der Waals surface area contributed by atoms with E-state index in [0.29, 0.717) is 11.3 Å².